The van der Waals surface area contributed by atoms with Gasteiger partial charge >= 0.3 is 0 Å². The number of nitrogens with one attached hydrogen (secondary N) is 2. The van der Waals surface area contributed by atoms with Gasteiger partial charge < -0.3 is 15.7 Å². The molecule has 0 fully saturated rings. The molecule has 0 heterocycles. The van der Waals surface area contributed by atoms with E-state index in [0.717, 1.165) is 37.5 Å². The normalized spacial score (nSPS) is 12.7. The smallest absolute Gasteiger partial charge is 0.191 e. The Morgan fingerprint density at radius 1 is 1.09 bits per heavy atom. The highest BCUT2D eigenvalue weighted by Crippen LogP contribution is 2.14. The summed E-state index contributed by atoms with van der Waals surface area (Å²) in [4.78, 5) is 4.64. The van der Waals surface area contributed by atoms with Gasteiger partial charge in [-0.05, 0) is 24.8 Å². The minimum absolute atomic E-state index is 0. The minimum atomic E-state index is -0.435. The first-order chi connectivity index (χ1) is 10.7. The van der Waals surface area contributed by atoms with Crippen LogP contribution in [-0.4, -0.2) is 30.7 Å². The van der Waals surface area contributed by atoms with Crippen molar-refractivity contribution in [3.63, 3.8) is 0 Å². The van der Waals surface area contributed by atoms with Crippen molar-refractivity contribution in [1.82, 2.24) is 10.6 Å². The molecule has 132 valence electrons. The Labute approximate surface area is 158 Å². The third-order valence-corrected chi connectivity index (χ3v) is 3.90. The molecule has 0 bridgehead atoms. The molecule has 1 unspecified atom stereocenters. The molecule has 0 radical (unpaired) electrons. The van der Waals surface area contributed by atoms with Crippen molar-refractivity contribution >= 4 is 29.9 Å². The Morgan fingerprint density at radius 2 is 1.74 bits per heavy atom. The molecular formula is C18H32IN3O. The lowest BCUT2D eigenvalue weighted by molar-refractivity contribution is 0.168. The fourth-order valence-corrected chi connectivity index (χ4v) is 2.28. The number of halogens is 1. The molecule has 0 aliphatic carbocycles. The molecule has 1 aromatic rings. The van der Waals surface area contributed by atoms with Gasteiger partial charge in [0.2, 0.25) is 0 Å². The zero-order valence-corrected chi connectivity index (χ0v) is 16.9. The first-order valence-corrected chi connectivity index (χ1v) is 8.46. The van der Waals surface area contributed by atoms with Crippen LogP contribution in [0.1, 0.15) is 51.7 Å². The number of benzene rings is 1. The maximum Gasteiger partial charge on any atom is 0.191 e. The summed E-state index contributed by atoms with van der Waals surface area (Å²) in [6.07, 6.45) is 2.55. The average Bonchev–Trinajstić information content (AvgIpc) is 2.56. The second kappa shape index (κ2) is 13.6. The van der Waals surface area contributed by atoms with Gasteiger partial charge in [-0.2, -0.15) is 0 Å². The lowest BCUT2D eigenvalue weighted by Crippen LogP contribution is -2.38. The van der Waals surface area contributed by atoms with Gasteiger partial charge in [-0.3, -0.25) is 4.99 Å². The fraction of sp³-hybridized carbons (Fsp3) is 0.611. The summed E-state index contributed by atoms with van der Waals surface area (Å²) >= 11 is 0. The summed E-state index contributed by atoms with van der Waals surface area (Å²) in [5.74, 6) is 1.49. The van der Waals surface area contributed by atoms with Crippen molar-refractivity contribution in [3.8, 4) is 0 Å². The Bertz CT molecular complexity index is 422. The summed E-state index contributed by atoms with van der Waals surface area (Å²) in [6.45, 7) is 8.87. The molecule has 0 saturated carbocycles. The summed E-state index contributed by atoms with van der Waals surface area (Å²) in [6, 6.07) is 9.77. The van der Waals surface area contributed by atoms with Crippen LogP contribution < -0.4 is 10.6 Å². The molecule has 23 heavy (non-hydrogen) atoms. The van der Waals surface area contributed by atoms with E-state index >= 15 is 0 Å². The average molecular weight is 433 g/mol. The van der Waals surface area contributed by atoms with E-state index in [1.165, 1.54) is 0 Å². The SMILES string of the molecule is CCNC(=NCC(CC)CC)NCCC(O)c1ccccc1.I. The summed E-state index contributed by atoms with van der Waals surface area (Å²) < 4.78 is 0. The molecule has 0 aliphatic rings. The zero-order valence-electron chi connectivity index (χ0n) is 14.6. The van der Waals surface area contributed by atoms with Gasteiger partial charge in [-0.15, -0.1) is 24.0 Å². The highest BCUT2D eigenvalue weighted by molar-refractivity contribution is 14.0. The maximum atomic E-state index is 10.2. The van der Waals surface area contributed by atoms with Gasteiger partial charge in [-0.25, -0.2) is 0 Å². The van der Waals surface area contributed by atoms with Crippen molar-refractivity contribution in [2.24, 2.45) is 10.9 Å². The van der Waals surface area contributed by atoms with Crippen LogP contribution in [0.3, 0.4) is 0 Å². The number of nitrogens with zero attached hydrogens (tertiary/aromatic N) is 1. The Balaban J connectivity index is 0.00000484. The predicted octanol–water partition coefficient (Wildman–Crippen LogP) is 3.72. The van der Waals surface area contributed by atoms with Crippen molar-refractivity contribution in [2.75, 3.05) is 19.6 Å². The van der Waals surface area contributed by atoms with Crippen molar-refractivity contribution < 1.29 is 5.11 Å². The second-order valence-corrected chi connectivity index (χ2v) is 5.54. The summed E-state index contributed by atoms with van der Waals surface area (Å²) in [7, 11) is 0. The van der Waals surface area contributed by atoms with Gasteiger partial charge in [0.05, 0.1) is 6.10 Å². The molecule has 0 amide bonds. The van der Waals surface area contributed by atoms with Crippen LogP contribution in [0.15, 0.2) is 35.3 Å². The number of hydrogen-bond acceptors (Lipinski definition) is 2. The van der Waals surface area contributed by atoms with Crippen LogP contribution >= 0.6 is 24.0 Å². The quantitative estimate of drug-likeness (QED) is 0.316. The lowest BCUT2D eigenvalue weighted by Gasteiger charge is -2.15. The molecule has 3 N–H and O–H groups in total. The van der Waals surface area contributed by atoms with Gasteiger partial charge in [0.1, 0.15) is 0 Å². The van der Waals surface area contributed by atoms with Gasteiger partial charge in [0.25, 0.3) is 0 Å². The monoisotopic (exact) mass is 433 g/mol. The standard InChI is InChI=1S/C18H31N3O.HI/c1-4-15(5-2)14-21-18(19-6-3)20-13-12-17(22)16-10-8-7-9-11-16;/h7-11,15,17,22H,4-6,12-14H2,1-3H3,(H2,19,20,21);1H. The topological polar surface area (TPSA) is 56.7 Å². The van der Waals surface area contributed by atoms with E-state index < -0.39 is 6.10 Å². The first-order valence-electron chi connectivity index (χ1n) is 8.46. The van der Waals surface area contributed by atoms with Gasteiger partial charge in [0, 0.05) is 19.6 Å². The Morgan fingerprint density at radius 3 is 2.30 bits per heavy atom. The molecular weight excluding hydrogens is 401 g/mol. The van der Waals surface area contributed by atoms with Crippen LogP contribution in [0.5, 0.6) is 0 Å². The molecule has 1 rings (SSSR count). The van der Waals surface area contributed by atoms with Crippen LogP contribution in [0.25, 0.3) is 0 Å². The fourth-order valence-electron chi connectivity index (χ4n) is 2.28. The highest BCUT2D eigenvalue weighted by Gasteiger charge is 2.07. The molecule has 1 atom stereocenters. The van der Waals surface area contributed by atoms with E-state index in [4.69, 9.17) is 0 Å². The molecule has 1 aromatic carbocycles. The molecule has 0 aliphatic heterocycles. The van der Waals surface area contributed by atoms with E-state index in [1.807, 2.05) is 30.3 Å². The van der Waals surface area contributed by atoms with Crippen molar-refractivity contribution in [2.45, 2.75) is 46.1 Å². The summed E-state index contributed by atoms with van der Waals surface area (Å²) in [5, 5.41) is 16.7. The molecule has 0 aromatic heterocycles. The first kappa shape index (κ1) is 22.2. The minimum Gasteiger partial charge on any atom is -0.388 e. The van der Waals surface area contributed by atoms with Crippen LogP contribution in [0.4, 0.5) is 0 Å². The Hall–Kier alpha value is -0.820. The number of aliphatic hydroxyl groups excluding tert-OH is 1. The number of aliphatic hydroxyl groups is 1. The van der Waals surface area contributed by atoms with E-state index in [0.29, 0.717) is 18.9 Å². The third kappa shape index (κ3) is 9.15. The molecule has 0 spiro atoms. The number of guanidine groups is 1. The van der Waals surface area contributed by atoms with E-state index in [2.05, 4.69) is 36.4 Å². The van der Waals surface area contributed by atoms with Crippen LogP contribution in [0, 0.1) is 5.92 Å². The van der Waals surface area contributed by atoms with Gasteiger partial charge in [-0.1, -0.05) is 57.0 Å². The number of aliphatic imine (C=N–C) groups is 1. The van der Waals surface area contributed by atoms with E-state index in [1.54, 1.807) is 0 Å². The number of rotatable bonds is 9. The highest BCUT2D eigenvalue weighted by atomic mass is 127. The summed E-state index contributed by atoms with van der Waals surface area (Å²) in [5.41, 5.74) is 0.961. The molecule has 0 saturated heterocycles. The van der Waals surface area contributed by atoms with Gasteiger partial charge in [0.15, 0.2) is 5.96 Å². The van der Waals surface area contributed by atoms with E-state index in [9.17, 15) is 5.11 Å². The third-order valence-electron chi connectivity index (χ3n) is 3.90. The van der Waals surface area contributed by atoms with Crippen LogP contribution in [0.2, 0.25) is 0 Å². The van der Waals surface area contributed by atoms with Crippen molar-refractivity contribution in [3.05, 3.63) is 35.9 Å². The van der Waals surface area contributed by atoms with Crippen LogP contribution in [-0.2, 0) is 0 Å². The second-order valence-electron chi connectivity index (χ2n) is 5.54. The lowest BCUT2D eigenvalue weighted by atomic mass is 10.0. The molecule has 4 nitrogen and oxygen atoms in total. The predicted molar refractivity (Wildman–Crippen MR) is 109 cm³/mol. The number of hydrogen-bond donors (Lipinski definition) is 3. The van der Waals surface area contributed by atoms with E-state index in [-0.39, 0.29) is 24.0 Å². The Kier molecular flexibility index (Phi) is 13.1. The maximum absolute atomic E-state index is 10.2. The van der Waals surface area contributed by atoms with Crippen molar-refractivity contribution in [1.29, 1.82) is 0 Å². The zero-order chi connectivity index (χ0) is 16.2. The molecule has 5 heteroatoms. The largest absolute Gasteiger partial charge is 0.388 e.